The molecule has 7 heteroatoms. The molecule has 4 rings (SSSR count). The Bertz CT molecular complexity index is 1110. The Morgan fingerprint density at radius 3 is 2.37 bits per heavy atom. The molecule has 1 saturated carbocycles. The number of carboxylic acid groups (broad SMARTS) is 1. The van der Waals surface area contributed by atoms with E-state index in [1.54, 1.807) is 11.0 Å². The molecule has 1 saturated heterocycles. The van der Waals surface area contributed by atoms with E-state index in [-0.39, 0.29) is 29.2 Å². The minimum Gasteiger partial charge on any atom is -0.494 e. The molecule has 0 bridgehead atoms. The SMILES string of the molecule is CCOc1ccc(Cl)cc1CNC1C(c2ccccc2)N(C(=O)C2CCCCC2)C(C(=O)O)C1C(C)(C)C. The Morgan fingerprint density at radius 2 is 1.76 bits per heavy atom. The third-order valence-electron chi connectivity index (χ3n) is 8.12. The summed E-state index contributed by atoms with van der Waals surface area (Å²) in [5.41, 5.74) is 1.47. The average molecular weight is 541 g/mol. The summed E-state index contributed by atoms with van der Waals surface area (Å²) in [6.45, 7) is 9.13. The van der Waals surface area contributed by atoms with Gasteiger partial charge in [-0.3, -0.25) is 4.79 Å². The fraction of sp³-hybridized carbons (Fsp3) is 0.548. The quantitative estimate of drug-likeness (QED) is 0.401. The molecule has 206 valence electrons. The van der Waals surface area contributed by atoms with E-state index >= 15 is 0 Å². The number of carbonyl (C=O) groups is 2. The van der Waals surface area contributed by atoms with Crippen LogP contribution < -0.4 is 10.1 Å². The molecule has 2 fully saturated rings. The Morgan fingerprint density at radius 1 is 1.08 bits per heavy atom. The van der Waals surface area contributed by atoms with Crippen molar-refractivity contribution >= 4 is 23.5 Å². The topological polar surface area (TPSA) is 78.9 Å². The molecule has 2 N–H and O–H groups in total. The van der Waals surface area contributed by atoms with Crippen LogP contribution in [0.3, 0.4) is 0 Å². The summed E-state index contributed by atoms with van der Waals surface area (Å²) in [4.78, 5) is 28.9. The highest BCUT2D eigenvalue weighted by Crippen LogP contribution is 2.49. The van der Waals surface area contributed by atoms with Gasteiger partial charge in [0.15, 0.2) is 0 Å². The van der Waals surface area contributed by atoms with Crippen molar-refractivity contribution in [2.24, 2.45) is 17.3 Å². The number of nitrogens with one attached hydrogen (secondary N) is 1. The van der Waals surface area contributed by atoms with Gasteiger partial charge in [0, 0.05) is 35.0 Å². The molecule has 1 amide bonds. The maximum atomic E-state index is 14.2. The zero-order chi connectivity index (χ0) is 27.4. The number of hydrogen-bond donors (Lipinski definition) is 2. The number of rotatable bonds is 8. The van der Waals surface area contributed by atoms with Crippen LogP contribution in [0.5, 0.6) is 5.75 Å². The van der Waals surface area contributed by atoms with Gasteiger partial charge < -0.3 is 20.1 Å². The predicted octanol–water partition coefficient (Wildman–Crippen LogP) is 6.48. The number of halogens is 1. The summed E-state index contributed by atoms with van der Waals surface area (Å²) in [5.74, 6) is -0.684. The van der Waals surface area contributed by atoms with Crippen molar-refractivity contribution in [3.63, 3.8) is 0 Å². The summed E-state index contributed by atoms with van der Waals surface area (Å²) < 4.78 is 5.85. The van der Waals surface area contributed by atoms with Gasteiger partial charge in [-0.15, -0.1) is 0 Å². The Balaban J connectivity index is 1.79. The maximum absolute atomic E-state index is 14.2. The highest BCUT2D eigenvalue weighted by molar-refractivity contribution is 6.30. The fourth-order valence-electron chi connectivity index (χ4n) is 6.50. The minimum atomic E-state index is -0.947. The first kappa shape index (κ1) is 28.4. The van der Waals surface area contributed by atoms with Crippen LogP contribution in [0.15, 0.2) is 48.5 Å². The van der Waals surface area contributed by atoms with Crippen LogP contribution in [-0.2, 0) is 16.1 Å². The smallest absolute Gasteiger partial charge is 0.326 e. The van der Waals surface area contributed by atoms with E-state index in [0.29, 0.717) is 18.2 Å². The Kier molecular flexibility index (Phi) is 9.04. The second-order valence-electron chi connectivity index (χ2n) is 11.7. The number of nitrogens with zero attached hydrogens (tertiary/aromatic N) is 1. The van der Waals surface area contributed by atoms with E-state index in [4.69, 9.17) is 16.3 Å². The number of benzene rings is 2. The fourth-order valence-corrected chi connectivity index (χ4v) is 6.69. The Hall–Kier alpha value is -2.57. The first-order valence-corrected chi connectivity index (χ1v) is 14.3. The van der Waals surface area contributed by atoms with E-state index in [2.05, 4.69) is 26.1 Å². The molecule has 38 heavy (non-hydrogen) atoms. The zero-order valence-corrected chi connectivity index (χ0v) is 23.7. The van der Waals surface area contributed by atoms with Crippen LogP contribution >= 0.6 is 11.6 Å². The van der Waals surface area contributed by atoms with Crippen molar-refractivity contribution in [2.45, 2.75) is 84.5 Å². The lowest BCUT2D eigenvalue weighted by Crippen LogP contribution is -2.49. The van der Waals surface area contributed by atoms with Crippen molar-refractivity contribution in [2.75, 3.05) is 6.61 Å². The number of hydrogen-bond acceptors (Lipinski definition) is 4. The molecule has 6 nitrogen and oxygen atoms in total. The number of amides is 1. The van der Waals surface area contributed by atoms with Crippen molar-refractivity contribution in [3.8, 4) is 5.75 Å². The average Bonchev–Trinajstić information content (AvgIpc) is 3.25. The zero-order valence-electron chi connectivity index (χ0n) is 23.0. The predicted molar refractivity (Wildman–Crippen MR) is 150 cm³/mol. The van der Waals surface area contributed by atoms with Gasteiger partial charge in [0.25, 0.3) is 0 Å². The van der Waals surface area contributed by atoms with Gasteiger partial charge in [-0.25, -0.2) is 4.79 Å². The van der Waals surface area contributed by atoms with Gasteiger partial charge in [0.2, 0.25) is 5.91 Å². The maximum Gasteiger partial charge on any atom is 0.326 e. The first-order valence-electron chi connectivity index (χ1n) is 13.9. The third-order valence-corrected chi connectivity index (χ3v) is 8.36. The number of aliphatic carboxylic acids is 1. The lowest BCUT2D eigenvalue weighted by atomic mass is 9.72. The van der Waals surface area contributed by atoms with E-state index in [1.165, 1.54) is 0 Å². The molecule has 2 aromatic carbocycles. The molecular formula is C31H41ClN2O4. The van der Waals surface area contributed by atoms with E-state index in [1.807, 2.05) is 49.4 Å². The van der Waals surface area contributed by atoms with E-state index in [0.717, 1.165) is 49.0 Å². The molecule has 1 aliphatic carbocycles. The van der Waals surface area contributed by atoms with Gasteiger partial charge in [0.1, 0.15) is 11.8 Å². The number of carboxylic acids is 1. The standard InChI is InChI=1S/C31H41ClN2O4/c1-5-38-24-17-16-23(32)18-22(24)19-33-26-25(31(2,3)4)28(30(36)37)34(27(26)20-12-8-6-9-13-20)29(35)21-14-10-7-11-15-21/h6,8-9,12-13,16-18,21,25-28,33H,5,7,10-11,14-15,19H2,1-4H3,(H,36,37). The summed E-state index contributed by atoms with van der Waals surface area (Å²) in [7, 11) is 0. The highest BCUT2D eigenvalue weighted by atomic mass is 35.5. The summed E-state index contributed by atoms with van der Waals surface area (Å²) in [6.07, 6.45) is 4.79. The van der Waals surface area contributed by atoms with Crippen molar-refractivity contribution in [1.82, 2.24) is 10.2 Å². The van der Waals surface area contributed by atoms with E-state index in [9.17, 15) is 14.7 Å². The number of likely N-dealkylation sites (tertiary alicyclic amines) is 1. The first-order chi connectivity index (χ1) is 18.1. The number of ether oxygens (including phenoxy) is 1. The van der Waals surface area contributed by atoms with Gasteiger partial charge in [-0.1, -0.05) is 82.0 Å². The second kappa shape index (κ2) is 12.1. The third kappa shape index (κ3) is 6.02. The summed E-state index contributed by atoms with van der Waals surface area (Å²) >= 11 is 6.34. The molecule has 1 aliphatic heterocycles. The van der Waals surface area contributed by atoms with Gasteiger partial charge in [0.05, 0.1) is 12.6 Å². The minimum absolute atomic E-state index is 0.0257. The molecule has 0 aromatic heterocycles. The molecule has 2 aliphatic rings. The highest BCUT2D eigenvalue weighted by Gasteiger charge is 2.58. The van der Waals surface area contributed by atoms with Gasteiger partial charge >= 0.3 is 5.97 Å². The monoisotopic (exact) mass is 540 g/mol. The summed E-state index contributed by atoms with van der Waals surface area (Å²) in [6, 6.07) is 13.8. The van der Waals surface area contributed by atoms with Crippen molar-refractivity contribution < 1.29 is 19.4 Å². The van der Waals surface area contributed by atoms with Crippen LogP contribution in [-0.4, -0.2) is 40.6 Å². The number of carbonyl (C=O) groups excluding carboxylic acids is 1. The van der Waals surface area contributed by atoms with Crippen LogP contribution in [0.4, 0.5) is 0 Å². The molecular weight excluding hydrogens is 500 g/mol. The summed E-state index contributed by atoms with van der Waals surface area (Å²) in [5, 5.41) is 14.9. The molecule has 4 unspecified atom stereocenters. The van der Waals surface area contributed by atoms with Crippen LogP contribution in [0.1, 0.15) is 77.0 Å². The molecule has 0 spiro atoms. The van der Waals surface area contributed by atoms with E-state index < -0.39 is 18.1 Å². The normalized spacial score (nSPS) is 24.4. The Labute approximate surface area is 231 Å². The molecule has 0 radical (unpaired) electrons. The lowest BCUT2D eigenvalue weighted by Gasteiger charge is -2.36. The van der Waals surface area contributed by atoms with Crippen molar-refractivity contribution in [3.05, 3.63) is 64.7 Å². The largest absolute Gasteiger partial charge is 0.494 e. The second-order valence-corrected chi connectivity index (χ2v) is 12.1. The van der Waals surface area contributed by atoms with Crippen molar-refractivity contribution in [1.29, 1.82) is 0 Å². The van der Waals surface area contributed by atoms with Crippen LogP contribution in [0, 0.1) is 17.3 Å². The molecule has 2 aromatic rings. The lowest BCUT2D eigenvalue weighted by molar-refractivity contribution is -0.154. The van der Waals surface area contributed by atoms with Crippen LogP contribution in [0.2, 0.25) is 5.02 Å². The molecule has 4 atom stereocenters. The van der Waals surface area contributed by atoms with Gasteiger partial charge in [-0.2, -0.15) is 0 Å². The van der Waals surface area contributed by atoms with Gasteiger partial charge in [-0.05, 0) is 48.9 Å². The van der Waals surface area contributed by atoms with Crippen LogP contribution in [0.25, 0.3) is 0 Å². The molecule has 1 heterocycles.